The van der Waals surface area contributed by atoms with E-state index < -0.39 is 5.54 Å². The Morgan fingerprint density at radius 1 is 1.52 bits per heavy atom. The van der Waals surface area contributed by atoms with Crippen LogP contribution >= 0.6 is 11.3 Å². The highest BCUT2D eigenvalue weighted by Gasteiger charge is 2.40. The second-order valence-corrected chi connectivity index (χ2v) is 6.69. The Morgan fingerprint density at radius 3 is 3.00 bits per heavy atom. The second kappa shape index (κ2) is 5.48. The van der Waals surface area contributed by atoms with Crippen molar-refractivity contribution >= 4 is 23.2 Å². The molecule has 7 heteroatoms. The topological polar surface area (TPSA) is 92.9 Å². The number of hydrogen-bond donors (Lipinski definition) is 2. The maximum atomic E-state index is 12.0. The molecule has 2 N–H and O–H groups in total. The molecule has 0 spiro atoms. The maximum absolute atomic E-state index is 12.0. The van der Waals surface area contributed by atoms with Crippen molar-refractivity contribution in [3.63, 3.8) is 0 Å². The highest BCUT2D eigenvalue weighted by Crippen LogP contribution is 2.35. The number of guanidine groups is 1. The number of nitrogens with zero attached hydrogens (tertiary/aromatic N) is 3. The van der Waals surface area contributed by atoms with Crippen LogP contribution in [-0.4, -0.2) is 28.8 Å². The molecule has 1 fully saturated rings. The highest BCUT2D eigenvalue weighted by molar-refractivity contribution is 7.15. The van der Waals surface area contributed by atoms with Crippen LogP contribution < -0.4 is 5.32 Å². The van der Waals surface area contributed by atoms with E-state index in [1.807, 2.05) is 25.1 Å². The fraction of sp³-hybridized carbons (Fsp3) is 0.250. The van der Waals surface area contributed by atoms with E-state index in [9.17, 15) is 4.79 Å². The maximum Gasteiger partial charge on any atom is 0.231 e. The van der Waals surface area contributed by atoms with Crippen molar-refractivity contribution in [1.82, 2.24) is 15.2 Å². The van der Waals surface area contributed by atoms with E-state index in [2.05, 4.69) is 16.4 Å². The van der Waals surface area contributed by atoms with Crippen molar-refractivity contribution in [2.75, 3.05) is 7.05 Å². The molecule has 1 saturated heterocycles. The van der Waals surface area contributed by atoms with E-state index in [1.54, 1.807) is 19.3 Å². The number of carbonyl (C=O) groups excluding carboxylic acids is 1. The van der Waals surface area contributed by atoms with Gasteiger partial charge in [-0.3, -0.25) is 15.1 Å². The molecule has 1 aliphatic heterocycles. The molecule has 1 aliphatic rings. The quantitative estimate of drug-likeness (QED) is 0.886. The Bertz CT molecular complexity index is 817. The molecule has 1 aromatic heterocycles. The van der Waals surface area contributed by atoms with Gasteiger partial charge in [-0.15, -0.1) is 11.3 Å². The van der Waals surface area contributed by atoms with Gasteiger partial charge in [-0.25, -0.2) is 4.98 Å². The van der Waals surface area contributed by atoms with Gasteiger partial charge in [0, 0.05) is 13.2 Å². The lowest BCUT2D eigenvalue weighted by Gasteiger charge is -2.37. The summed E-state index contributed by atoms with van der Waals surface area (Å²) in [4.78, 5) is 18.7. The molecule has 0 saturated carbocycles. The van der Waals surface area contributed by atoms with Crippen LogP contribution in [0.2, 0.25) is 0 Å². The summed E-state index contributed by atoms with van der Waals surface area (Å²) in [5, 5.41) is 20.7. The van der Waals surface area contributed by atoms with Crippen LogP contribution in [0, 0.1) is 16.7 Å². The number of amides is 1. The molecular formula is C16H15N5OS. The smallest absolute Gasteiger partial charge is 0.231 e. The van der Waals surface area contributed by atoms with Crippen LogP contribution in [0.3, 0.4) is 0 Å². The molecule has 1 amide bonds. The van der Waals surface area contributed by atoms with Gasteiger partial charge >= 0.3 is 0 Å². The molecule has 0 radical (unpaired) electrons. The summed E-state index contributed by atoms with van der Waals surface area (Å²) in [5.74, 6) is -0.0357. The normalized spacial score (nSPS) is 21.0. The first-order chi connectivity index (χ1) is 10.9. The Labute approximate surface area is 137 Å². The van der Waals surface area contributed by atoms with Crippen LogP contribution in [0.15, 0.2) is 30.5 Å². The third kappa shape index (κ3) is 2.69. The fourth-order valence-electron chi connectivity index (χ4n) is 2.47. The molecule has 0 aliphatic carbocycles. The SMILES string of the molecule is CN1C(=N)N[C@](C)(c2ncc(-c3cccc(C#N)c3)s2)CC1=O. The molecule has 3 rings (SSSR count). The first-order valence-corrected chi connectivity index (χ1v) is 7.85. The summed E-state index contributed by atoms with van der Waals surface area (Å²) in [5.41, 5.74) is 0.833. The van der Waals surface area contributed by atoms with Crippen molar-refractivity contribution in [2.24, 2.45) is 0 Å². The summed E-state index contributed by atoms with van der Waals surface area (Å²) in [6.07, 6.45) is 1.99. The van der Waals surface area contributed by atoms with Gasteiger partial charge in [0.15, 0.2) is 5.96 Å². The van der Waals surface area contributed by atoms with Crippen LogP contribution in [-0.2, 0) is 10.3 Å². The van der Waals surface area contributed by atoms with E-state index in [4.69, 9.17) is 10.7 Å². The first-order valence-electron chi connectivity index (χ1n) is 7.03. The van der Waals surface area contributed by atoms with E-state index in [-0.39, 0.29) is 18.3 Å². The zero-order valence-corrected chi connectivity index (χ0v) is 13.6. The molecule has 6 nitrogen and oxygen atoms in total. The molecule has 2 heterocycles. The van der Waals surface area contributed by atoms with Crippen LogP contribution in [0.1, 0.15) is 23.9 Å². The average Bonchev–Trinajstić information content (AvgIpc) is 3.03. The van der Waals surface area contributed by atoms with Crippen molar-refractivity contribution in [1.29, 1.82) is 10.7 Å². The largest absolute Gasteiger partial charge is 0.344 e. The van der Waals surface area contributed by atoms with E-state index in [0.29, 0.717) is 5.56 Å². The highest BCUT2D eigenvalue weighted by atomic mass is 32.1. The minimum atomic E-state index is -0.684. The van der Waals surface area contributed by atoms with Crippen molar-refractivity contribution in [2.45, 2.75) is 18.9 Å². The van der Waals surface area contributed by atoms with Crippen molar-refractivity contribution < 1.29 is 4.79 Å². The third-order valence-corrected chi connectivity index (χ3v) is 5.17. The summed E-state index contributed by atoms with van der Waals surface area (Å²) < 4.78 is 0. The van der Waals surface area contributed by atoms with Crippen molar-refractivity contribution in [3.8, 4) is 16.5 Å². The predicted octanol–water partition coefficient (Wildman–Crippen LogP) is 2.28. The molecule has 2 aromatic rings. The average molecular weight is 325 g/mol. The van der Waals surface area contributed by atoms with Gasteiger partial charge in [-0.05, 0) is 24.6 Å². The molecule has 0 bridgehead atoms. The molecular weight excluding hydrogens is 310 g/mol. The fourth-order valence-corrected chi connectivity index (χ4v) is 3.48. The number of thiazole rings is 1. The summed E-state index contributed by atoms with van der Waals surface area (Å²) in [6.45, 7) is 1.88. The minimum absolute atomic E-state index is 0.0759. The van der Waals surface area contributed by atoms with E-state index >= 15 is 0 Å². The van der Waals surface area contributed by atoms with Gasteiger partial charge in [0.05, 0.1) is 28.5 Å². The van der Waals surface area contributed by atoms with Crippen LogP contribution in [0.4, 0.5) is 0 Å². The predicted molar refractivity (Wildman–Crippen MR) is 87.9 cm³/mol. The Kier molecular flexibility index (Phi) is 3.62. The number of benzene rings is 1. The van der Waals surface area contributed by atoms with Crippen LogP contribution in [0.5, 0.6) is 0 Å². The minimum Gasteiger partial charge on any atom is -0.344 e. The molecule has 1 aromatic carbocycles. The van der Waals surface area contributed by atoms with Gasteiger partial charge < -0.3 is 5.32 Å². The van der Waals surface area contributed by atoms with E-state index in [1.165, 1.54) is 16.2 Å². The summed E-state index contributed by atoms with van der Waals surface area (Å²) in [7, 11) is 1.58. The van der Waals surface area contributed by atoms with E-state index in [0.717, 1.165) is 15.4 Å². The number of carbonyl (C=O) groups is 1. The molecule has 23 heavy (non-hydrogen) atoms. The van der Waals surface area contributed by atoms with Gasteiger partial charge in [0.1, 0.15) is 5.01 Å². The summed E-state index contributed by atoms with van der Waals surface area (Å²) in [6, 6.07) is 9.46. The lowest BCUT2D eigenvalue weighted by molar-refractivity contribution is -0.129. The number of hydrogen-bond acceptors (Lipinski definition) is 5. The lowest BCUT2D eigenvalue weighted by Crippen LogP contribution is -2.58. The third-order valence-electron chi connectivity index (χ3n) is 3.86. The molecule has 116 valence electrons. The number of rotatable bonds is 2. The summed E-state index contributed by atoms with van der Waals surface area (Å²) >= 11 is 1.47. The zero-order chi connectivity index (χ0) is 16.6. The number of aromatic nitrogens is 1. The second-order valence-electron chi connectivity index (χ2n) is 5.66. The van der Waals surface area contributed by atoms with Gasteiger partial charge in [-0.2, -0.15) is 5.26 Å². The lowest BCUT2D eigenvalue weighted by atomic mass is 9.96. The number of nitrogens with one attached hydrogen (secondary N) is 2. The number of nitriles is 1. The monoisotopic (exact) mass is 325 g/mol. The zero-order valence-electron chi connectivity index (χ0n) is 12.8. The standard InChI is InChI=1S/C16H15N5OS/c1-16(7-13(22)21(2)15(18)20-16)14-19-9-12(23-14)11-5-3-4-10(6-11)8-17/h3-6,9H,7H2,1-2H3,(H2,18,20)/t16-/m0/s1. The Hall–Kier alpha value is -2.72. The van der Waals surface area contributed by atoms with Crippen LogP contribution in [0.25, 0.3) is 10.4 Å². The molecule has 0 unspecified atom stereocenters. The van der Waals surface area contributed by atoms with Gasteiger partial charge in [-0.1, -0.05) is 12.1 Å². The van der Waals surface area contributed by atoms with Gasteiger partial charge in [0.2, 0.25) is 5.91 Å². The van der Waals surface area contributed by atoms with Crippen molar-refractivity contribution in [3.05, 3.63) is 41.0 Å². The molecule has 1 atom stereocenters. The van der Waals surface area contributed by atoms with Gasteiger partial charge in [0.25, 0.3) is 0 Å². The first kappa shape index (κ1) is 15.2. The Balaban J connectivity index is 1.94. The Morgan fingerprint density at radius 2 is 2.30 bits per heavy atom.